The molecular formula is C11H15NO4. The number of anilines is 1. The fraction of sp³-hybridized carbons (Fsp3) is 0.364. The average molecular weight is 225 g/mol. The molecule has 88 valence electrons. The van der Waals surface area contributed by atoms with Gasteiger partial charge in [0.25, 0.3) is 0 Å². The van der Waals surface area contributed by atoms with E-state index in [1.54, 1.807) is 13.1 Å². The molecule has 0 amide bonds. The molecule has 0 saturated heterocycles. The van der Waals surface area contributed by atoms with Crippen LogP contribution in [0.5, 0.6) is 17.2 Å². The number of aldehydes is 1. The third-order valence-electron chi connectivity index (χ3n) is 2.26. The van der Waals surface area contributed by atoms with Crippen LogP contribution >= 0.6 is 0 Å². The molecule has 0 saturated carbocycles. The number of ether oxygens (including phenoxy) is 3. The van der Waals surface area contributed by atoms with Crippen LogP contribution in [0.15, 0.2) is 6.07 Å². The molecule has 0 heterocycles. The molecule has 0 bridgehead atoms. The lowest BCUT2D eigenvalue weighted by Gasteiger charge is -2.16. The second kappa shape index (κ2) is 5.25. The fourth-order valence-electron chi connectivity index (χ4n) is 1.50. The van der Waals surface area contributed by atoms with Gasteiger partial charge in [-0.05, 0) is 0 Å². The number of carbonyl (C=O) groups excluding carboxylic acids is 1. The SMILES string of the molecule is CNc1cc(OC)c(OC)c(OC)c1C=O. The Labute approximate surface area is 94.3 Å². The molecule has 1 rings (SSSR count). The van der Waals surface area contributed by atoms with Crippen LogP contribution in [0.25, 0.3) is 0 Å². The van der Waals surface area contributed by atoms with Crippen molar-refractivity contribution < 1.29 is 19.0 Å². The molecule has 0 aliphatic rings. The van der Waals surface area contributed by atoms with Gasteiger partial charge in [0.05, 0.1) is 32.6 Å². The zero-order chi connectivity index (χ0) is 12.1. The van der Waals surface area contributed by atoms with Gasteiger partial charge in [-0.15, -0.1) is 0 Å². The van der Waals surface area contributed by atoms with E-state index in [2.05, 4.69) is 5.32 Å². The van der Waals surface area contributed by atoms with Crippen molar-refractivity contribution in [2.24, 2.45) is 0 Å². The fourth-order valence-corrected chi connectivity index (χ4v) is 1.50. The van der Waals surface area contributed by atoms with E-state index < -0.39 is 0 Å². The first-order valence-electron chi connectivity index (χ1n) is 4.69. The van der Waals surface area contributed by atoms with Gasteiger partial charge in [-0.3, -0.25) is 4.79 Å². The number of hydrogen-bond acceptors (Lipinski definition) is 5. The number of methoxy groups -OCH3 is 3. The summed E-state index contributed by atoms with van der Waals surface area (Å²) in [6.45, 7) is 0. The molecule has 0 spiro atoms. The van der Waals surface area contributed by atoms with Crippen molar-refractivity contribution in [3.8, 4) is 17.2 Å². The molecule has 5 heteroatoms. The molecule has 1 aromatic rings. The maximum Gasteiger partial charge on any atom is 0.204 e. The van der Waals surface area contributed by atoms with E-state index >= 15 is 0 Å². The Morgan fingerprint density at radius 3 is 2.12 bits per heavy atom. The molecule has 0 fully saturated rings. The van der Waals surface area contributed by atoms with Crippen molar-refractivity contribution in [1.29, 1.82) is 0 Å². The smallest absolute Gasteiger partial charge is 0.204 e. The minimum Gasteiger partial charge on any atom is -0.493 e. The normalized spacial score (nSPS) is 9.50. The quantitative estimate of drug-likeness (QED) is 0.771. The number of rotatable bonds is 5. The average Bonchev–Trinajstić information content (AvgIpc) is 2.35. The Morgan fingerprint density at radius 1 is 1.12 bits per heavy atom. The van der Waals surface area contributed by atoms with E-state index in [0.717, 1.165) is 0 Å². The highest BCUT2D eigenvalue weighted by Gasteiger charge is 2.19. The van der Waals surface area contributed by atoms with Gasteiger partial charge in [0, 0.05) is 13.1 Å². The van der Waals surface area contributed by atoms with Crippen LogP contribution in [0, 0.1) is 0 Å². The summed E-state index contributed by atoms with van der Waals surface area (Å²) in [4.78, 5) is 11.0. The lowest BCUT2D eigenvalue weighted by Crippen LogP contribution is -2.02. The Morgan fingerprint density at radius 2 is 1.75 bits per heavy atom. The Balaban J connectivity index is 3.54. The van der Waals surface area contributed by atoms with E-state index in [0.29, 0.717) is 34.8 Å². The third-order valence-corrected chi connectivity index (χ3v) is 2.26. The van der Waals surface area contributed by atoms with Gasteiger partial charge in [0.1, 0.15) is 0 Å². The van der Waals surface area contributed by atoms with Crippen molar-refractivity contribution in [3.05, 3.63) is 11.6 Å². The van der Waals surface area contributed by atoms with E-state index in [1.807, 2.05) is 0 Å². The third kappa shape index (κ3) is 1.88. The Bertz CT molecular complexity index is 390. The first-order valence-corrected chi connectivity index (χ1v) is 4.69. The van der Waals surface area contributed by atoms with Crippen LogP contribution in [0.2, 0.25) is 0 Å². The first-order chi connectivity index (χ1) is 7.73. The molecule has 0 atom stereocenters. The molecule has 0 aliphatic heterocycles. The minimum atomic E-state index is 0.362. The number of carbonyl (C=O) groups is 1. The van der Waals surface area contributed by atoms with Gasteiger partial charge in [0.15, 0.2) is 17.8 Å². The molecule has 16 heavy (non-hydrogen) atoms. The standard InChI is InChI=1S/C11H15NO4/c1-12-8-5-9(14-2)11(16-4)10(15-3)7(8)6-13/h5-6,12H,1-4H3. The first kappa shape index (κ1) is 12.2. The highest BCUT2D eigenvalue weighted by atomic mass is 16.5. The van der Waals surface area contributed by atoms with Gasteiger partial charge >= 0.3 is 0 Å². The van der Waals surface area contributed by atoms with Gasteiger partial charge in [-0.25, -0.2) is 0 Å². The van der Waals surface area contributed by atoms with Crippen LogP contribution in [-0.4, -0.2) is 34.7 Å². The van der Waals surface area contributed by atoms with E-state index in [4.69, 9.17) is 14.2 Å². The van der Waals surface area contributed by atoms with Crippen LogP contribution in [0.3, 0.4) is 0 Å². The molecule has 5 nitrogen and oxygen atoms in total. The highest BCUT2D eigenvalue weighted by Crippen LogP contribution is 2.43. The van der Waals surface area contributed by atoms with Crippen LogP contribution in [0.1, 0.15) is 10.4 Å². The lowest BCUT2D eigenvalue weighted by atomic mass is 10.1. The van der Waals surface area contributed by atoms with Gasteiger partial charge < -0.3 is 19.5 Å². The van der Waals surface area contributed by atoms with Crippen LogP contribution in [-0.2, 0) is 0 Å². The summed E-state index contributed by atoms with van der Waals surface area (Å²) in [5.41, 5.74) is 1.03. The number of benzene rings is 1. The summed E-state index contributed by atoms with van der Waals surface area (Å²) in [6.07, 6.45) is 0.715. The molecule has 0 aromatic heterocycles. The van der Waals surface area contributed by atoms with Crippen molar-refractivity contribution >= 4 is 12.0 Å². The summed E-state index contributed by atoms with van der Waals surface area (Å²) >= 11 is 0. The van der Waals surface area contributed by atoms with Gasteiger partial charge in [0.2, 0.25) is 5.75 Å². The maximum atomic E-state index is 11.0. The number of hydrogen-bond donors (Lipinski definition) is 1. The second-order valence-electron chi connectivity index (χ2n) is 2.97. The van der Waals surface area contributed by atoms with Crippen LogP contribution in [0.4, 0.5) is 5.69 Å². The molecule has 1 aromatic carbocycles. The molecular weight excluding hydrogens is 210 g/mol. The molecule has 0 unspecified atom stereocenters. The van der Waals surface area contributed by atoms with Crippen molar-refractivity contribution in [1.82, 2.24) is 0 Å². The Kier molecular flexibility index (Phi) is 3.99. The van der Waals surface area contributed by atoms with Crippen molar-refractivity contribution in [2.45, 2.75) is 0 Å². The zero-order valence-electron chi connectivity index (χ0n) is 9.79. The van der Waals surface area contributed by atoms with Gasteiger partial charge in [-0.1, -0.05) is 0 Å². The number of nitrogens with one attached hydrogen (secondary N) is 1. The van der Waals surface area contributed by atoms with E-state index in [1.165, 1.54) is 21.3 Å². The predicted molar refractivity (Wildman–Crippen MR) is 61.0 cm³/mol. The molecule has 0 aliphatic carbocycles. The Hall–Kier alpha value is -1.91. The second-order valence-corrected chi connectivity index (χ2v) is 2.97. The summed E-state index contributed by atoms with van der Waals surface area (Å²) in [6, 6.07) is 1.69. The maximum absolute atomic E-state index is 11.0. The summed E-state index contributed by atoms with van der Waals surface area (Å²) in [7, 11) is 6.21. The molecule has 1 N–H and O–H groups in total. The minimum absolute atomic E-state index is 0.362. The van der Waals surface area contributed by atoms with E-state index in [-0.39, 0.29) is 0 Å². The lowest BCUT2D eigenvalue weighted by molar-refractivity contribution is 0.112. The largest absolute Gasteiger partial charge is 0.493 e. The summed E-state index contributed by atoms with van der Waals surface area (Å²) in [5.74, 6) is 1.28. The summed E-state index contributed by atoms with van der Waals surface area (Å²) in [5, 5.41) is 2.90. The molecule has 0 radical (unpaired) electrons. The summed E-state index contributed by atoms with van der Waals surface area (Å²) < 4.78 is 15.5. The highest BCUT2D eigenvalue weighted by molar-refractivity contribution is 5.91. The predicted octanol–water partition coefficient (Wildman–Crippen LogP) is 1.57. The van der Waals surface area contributed by atoms with E-state index in [9.17, 15) is 4.79 Å². The van der Waals surface area contributed by atoms with Crippen molar-refractivity contribution in [2.75, 3.05) is 33.7 Å². The van der Waals surface area contributed by atoms with Crippen LogP contribution < -0.4 is 19.5 Å². The zero-order valence-corrected chi connectivity index (χ0v) is 9.79. The topological polar surface area (TPSA) is 56.8 Å². The van der Waals surface area contributed by atoms with Gasteiger partial charge in [-0.2, -0.15) is 0 Å². The van der Waals surface area contributed by atoms with Crippen molar-refractivity contribution in [3.63, 3.8) is 0 Å². The monoisotopic (exact) mass is 225 g/mol.